The van der Waals surface area contributed by atoms with Crippen molar-refractivity contribution in [1.29, 1.82) is 0 Å². The molecule has 4 rings (SSSR count). The Balaban J connectivity index is 1.33. The lowest BCUT2D eigenvalue weighted by Gasteiger charge is -2.27. The van der Waals surface area contributed by atoms with E-state index in [1.165, 1.54) is 0 Å². The number of anilines is 2. The zero-order valence-corrected chi connectivity index (χ0v) is 15.5. The third kappa shape index (κ3) is 3.78. The summed E-state index contributed by atoms with van der Waals surface area (Å²) < 4.78 is 6.98. The smallest absolute Gasteiger partial charge is 0.231 e. The standard InChI is InChI=1S/C19H20N6O3/c1-13-10-18-24(8-3-9-25(18)22-13)19(27)6-5-16(26)21-17-11-15(23-28-17)14-4-2-7-20-12-14/h2,4,7,10-12H,3,5-6,8-9H2,1H3,(H,21,26). The number of aryl methyl sites for hydroxylation is 2. The summed E-state index contributed by atoms with van der Waals surface area (Å²) in [5.74, 6) is 0.641. The highest BCUT2D eigenvalue weighted by molar-refractivity contribution is 5.97. The van der Waals surface area contributed by atoms with Crippen LogP contribution in [0.3, 0.4) is 0 Å². The van der Waals surface area contributed by atoms with Crippen molar-refractivity contribution in [1.82, 2.24) is 19.9 Å². The van der Waals surface area contributed by atoms with Crippen LogP contribution in [0.25, 0.3) is 11.3 Å². The van der Waals surface area contributed by atoms with Gasteiger partial charge in [0.05, 0.1) is 5.69 Å². The largest absolute Gasteiger partial charge is 0.338 e. The topological polar surface area (TPSA) is 106 Å². The van der Waals surface area contributed by atoms with Crippen LogP contribution in [-0.2, 0) is 16.1 Å². The van der Waals surface area contributed by atoms with Crippen LogP contribution in [0.2, 0.25) is 0 Å². The molecule has 0 saturated carbocycles. The Labute approximate surface area is 161 Å². The van der Waals surface area contributed by atoms with Crippen molar-refractivity contribution in [2.75, 3.05) is 16.8 Å². The lowest BCUT2D eigenvalue weighted by atomic mass is 10.2. The number of carbonyl (C=O) groups excluding carboxylic acids is 2. The number of hydrogen-bond donors (Lipinski definition) is 1. The number of nitrogens with one attached hydrogen (secondary N) is 1. The molecule has 1 aliphatic heterocycles. The van der Waals surface area contributed by atoms with Crippen LogP contribution in [0.5, 0.6) is 0 Å². The van der Waals surface area contributed by atoms with Crippen molar-refractivity contribution in [3.63, 3.8) is 0 Å². The van der Waals surface area contributed by atoms with Crippen molar-refractivity contribution in [3.8, 4) is 11.3 Å². The predicted molar refractivity (Wildman–Crippen MR) is 102 cm³/mol. The fourth-order valence-corrected chi connectivity index (χ4v) is 3.20. The minimum Gasteiger partial charge on any atom is -0.338 e. The number of pyridine rings is 1. The van der Waals surface area contributed by atoms with Gasteiger partial charge in [0, 0.05) is 56.0 Å². The first-order valence-electron chi connectivity index (χ1n) is 9.12. The van der Waals surface area contributed by atoms with E-state index in [0.29, 0.717) is 12.2 Å². The molecule has 0 unspecified atom stereocenters. The van der Waals surface area contributed by atoms with E-state index in [1.807, 2.05) is 23.7 Å². The molecule has 28 heavy (non-hydrogen) atoms. The monoisotopic (exact) mass is 380 g/mol. The maximum Gasteiger partial charge on any atom is 0.231 e. The molecule has 9 nitrogen and oxygen atoms in total. The number of hydrogen-bond acceptors (Lipinski definition) is 6. The normalized spacial score (nSPS) is 13.2. The molecule has 0 saturated heterocycles. The van der Waals surface area contributed by atoms with E-state index in [1.54, 1.807) is 29.4 Å². The minimum atomic E-state index is -0.302. The predicted octanol–water partition coefficient (Wildman–Crippen LogP) is 2.40. The van der Waals surface area contributed by atoms with Crippen LogP contribution < -0.4 is 10.2 Å². The van der Waals surface area contributed by atoms with E-state index in [9.17, 15) is 9.59 Å². The van der Waals surface area contributed by atoms with E-state index < -0.39 is 0 Å². The molecule has 0 bridgehead atoms. The Morgan fingerprint density at radius 3 is 2.96 bits per heavy atom. The Kier molecular flexibility index (Phi) is 4.88. The van der Waals surface area contributed by atoms with Gasteiger partial charge in [-0.05, 0) is 25.5 Å². The average molecular weight is 380 g/mol. The summed E-state index contributed by atoms with van der Waals surface area (Å²) in [6.45, 7) is 3.35. The first kappa shape index (κ1) is 17.9. The molecule has 2 amide bonds. The van der Waals surface area contributed by atoms with Gasteiger partial charge >= 0.3 is 0 Å². The molecule has 1 aliphatic rings. The average Bonchev–Trinajstić information content (AvgIpc) is 3.32. The maximum absolute atomic E-state index is 12.6. The molecule has 3 aromatic rings. The van der Waals surface area contributed by atoms with Gasteiger partial charge in [0.15, 0.2) is 0 Å². The van der Waals surface area contributed by atoms with Gasteiger partial charge in [0.2, 0.25) is 17.7 Å². The van der Waals surface area contributed by atoms with Crippen molar-refractivity contribution in [2.45, 2.75) is 32.7 Å². The highest BCUT2D eigenvalue weighted by Crippen LogP contribution is 2.23. The number of rotatable bonds is 5. The number of fused-ring (bicyclic) bond motifs is 1. The van der Waals surface area contributed by atoms with Gasteiger partial charge in [-0.2, -0.15) is 5.10 Å². The molecule has 0 radical (unpaired) electrons. The van der Waals surface area contributed by atoms with Gasteiger partial charge in [0.25, 0.3) is 0 Å². The van der Waals surface area contributed by atoms with Gasteiger partial charge in [-0.25, -0.2) is 4.68 Å². The maximum atomic E-state index is 12.6. The van der Waals surface area contributed by atoms with Crippen LogP contribution in [0, 0.1) is 6.92 Å². The second-order valence-electron chi connectivity index (χ2n) is 6.63. The fraction of sp³-hybridized carbons (Fsp3) is 0.316. The molecule has 0 aromatic carbocycles. The molecule has 9 heteroatoms. The zero-order chi connectivity index (χ0) is 19.5. The summed E-state index contributed by atoms with van der Waals surface area (Å²) in [5.41, 5.74) is 2.25. The fourth-order valence-electron chi connectivity index (χ4n) is 3.20. The second-order valence-corrected chi connectivity index (χ2v) is 6.63. The van der Waals surface area contributed by atoms with E-state index >= 15 is 0 Å². The lowest BCUT2D eigenvalue weighted by Crippen LogP contribution is -2.37. The molecule has 0 aliphatic carbocycles. The van der Waals surface area contributed by atoms with Gasteiger partial charge < -0.3 is 4.52 Å². The van der Waals surface area contributed by atoms with Crippen LogP contribution in [0.4, 0.5) is 11.7 Å². The van der Waals surface area contributed by atoms with Crippen LogP contribution in [0.15, 0.2) is 41.2 Å². The molecule has 0 fully saturated rings. The van der Waals surface area contributed by atoms with Crippen LogP contribution in [-0.4, -0.2) is 38.3 Å². The molecule has 144 valence electrons. The molecule has 0 atom stereocenters. The third-order valence-electron chi connectivity index (χ3n) is 4.51. The molecular weight excluding hydrogens is 360 g/mol. The van der Waals surface area contributed by atoms with Crippen molar-refractivity contribution in [3.05, 3.63) is 42.4 Å². The van der Waals surface area contributed by atoms with Crippen molar-refractivity contribution < 1.29 is 14.1 Å². The summed E-state index contributed by atoms with van der Waals surface area (Å²) in [5, 5.41) is 10.9. The number of nitrogens with zero attached hydrogens (tertiary/aromatic N) is 5. The molecular formula is C19H20N6O3. The first-order valence-corrected chi connectivity index (χ1v) is 9.12. The highest BCUT2D eigenvalue weighted by atomic mass is 16.5. The van der Waals surface area contributed by atoms with Crippen LogP contribution in [0.1, 0.15) is 25.0 Å². The summed E-state index contributed by atoms with van der Waals surface area (Å²) in [4.78, 5) is 30.5. The zero-order valence-electron chi connectivity index (χ0n) is 15.5. The Bertz CT molecular complexity index is 994. The number of aromatic nitrogens is 4. The molecule has 4 heterocycles. The number of amides is 2. The minimum absolute atomic E-state index is 0.0609. The van der Waals surface area contributed by atoms with Gasteiger partial charge in [0.1, 0.15) is 11.5 Å². The van der Waals surface area contributed by atoms with Crippen LogP contribution >= 0.6 is 0 Å². The van der Waals surface area contributed by atoms with Crippen molar-refractivity contribution >= 4 is 23.5 Å². The summed E-state index contributed by atoms with van der Waals surface area (Å²) in [7, 11) is 0. The molecule has 1 N–H and O–H groups in total. The lowest BCUT2D eigenvalue weighted by molar-refractivity contribution is -0.122. The summed E-state index contributed by atoms with van der Waals surface area (Å²) in [6.07, 6.45) is 4.35. The molecule has 3 aromatic heterocycles. The third-order valence-corrected chi connectivity index (χ3v) is 4.51. The summed E-state index contributed by atoms with van der Waals surface area (Å²) in [6, 6.07) is 7.16. The van der Waals surface area contributed by atoms with Gasteiger partial charge in [-0.3, -0.25) is 24.8 Å². The Hall–Kier alpha value is -3.49. The van der Waals surface area contributed by atoms with E-state index in [2.05, 4.69) is 20.6 Å². The first-order chi connectivity index (χ1) is 13.6. The van der Waals surface area contributed by atoms with Gasteiger partial charge in [-0.1, -0.05) is 5.16 Å². The van der Waals surface area contributed by atoms with E-state index in [0.717, 1.165) is 30.0 Å². The SMILES string of the molecule is Cc1cc2n(n1)CCCN2C(=O)CCC(=O)Nc1cc(-c2cccnc2)no1. The highest BCUT2D eigenvalue weighted by Gasteiger charge is 2.24. The van der Waals surface area contributed by atoms with Crippen molar-refractivity contribution in [2.24, 2.45) is 0 Å². The van der Waals surface area contributed by atoms with Gasteiger partial charge in [-0.15, -0.1) is 0 Å². The van der Waals surface area contributed by atoms with E-state index in [-0.39, 0.29) is 30.5 Å². The summed E-state index contributed by atoms with van der Waals surface area (Å²) >= 11 is 0. The second kappa shape index (κ2) is 7.63. The Morgan fingerprint density at radius 1 is 1.25 bits per heavy atom. The molecule has 0 spiro atoms. The number of carbonyl (C=O) groups is 2. The quantitative estimate of drug-likeness (QED) is 0.728. The van der Waals surface area contributed by atoms with E-state index in [4.69, 9.17) is 4.52 Å². The Morgan fingerprint density at radius 2 is 2.14 bits per heavy atom.